The van der Waals surface area contributed by atoms with Crippen molar-refractivity contribution in [1.82, 2.24) is 5.32 Å². The van der Waals surface area contributed by atoms with Gasteiger partial charge in [0.15, 0.2) is 0 Å². The topological polar surface area (TPSA) is 12.0 Å². The lowest BCUT2D eigenvalue weighted by atomic mass is 9.96. The number of halogens is 1. The van der Waals surface area contributed by atoms with Crippen LogP contribution in [-0.2, 0) is 6.42 Å². The fourth-order valence-electron chi connectivity index (χ4n) is 2.69. The monoisotopic (exact) mass is 279 g/mol. The molecule has 106 valence electrons. The summed E-state index contributed by atoms with van der Waals surface area (Å²) in [5, 5.41) is 5.73. The molecule has 1 nitrogen and oxygen atoms in total. The summed E-state index contributed by atoms with van der Waals surface area (Å²) >= 11 is 0. The molecule has 1 N–H and O–H groups in total. The minimum absolute atomic E-state index is 0.103. The van der Waals surface area contributed by atoms with E-state index >= 15 is 0 Å². The largest absolute Gasteiger partial charge is 0.313 e. The lowest BCUT2D eigenvalue weighted by molar-refractivity contribution is 0.555. The van der Waals surface area contributed by atoms with Crippen molar-refractivity contribution in [3.63, 3.8) is 0 Å². The van der Waals surface area contributed by atoms with Crippen LogP contribution < -0.4 is 5.32 Å². The van der Waals surface area contributed by atoms with Gasteiger partial charge in [-0.2, -0.15) is 0 Å². The Morgan fingerprint density at radius 1 is 0.905 bits per heavy atom. The quantitative estimate of drug-likeness (QED) is 0.742. The van der Waals surface area contributed by atoms with Crippen LogP contribution in [0.5, 0.6) is 0 Å². The molecule has 0 bridgehead atoms. The minimum Gasteiger partial charge on any atom is -0.313 e. The second kappa shape index (κ2) is 6.06. The van der Waals surface area contributed by atoms with E-state index in [2.05, 4.69) is 35.6 Å². The van der Waals surface area contributed by atoms with Gasteiger partial charge in [-0.1, -0.05) is 54.6 Å². The molecule has 3 aromatic rings. The van der Waals surface area contributed by atoms with Crippen LogP contribution in [-0.4, -0.2) is 7.05 Å². The van der Waals surface area contributed by atoms with Crippen LogP contribution in [0, 0.1) is 5.82 Å². The molecule has 21 heavy (non-hydrogen) atoms. The van der Waals surface area contributed by atoms with Gasteiger partial charge in [0.2, 0.25) is 0 Å². The maximum Gasteiger partial charge on any atom is 0.126 e. The molecule has 0 amide bonds. The summed E-state index contributed by atoms with van der Waals surface area (Å²) in [6.07, 6.45) is 0.640. The SMILES string of the molecule is CNC(Cc1ccccc1F)c1ccc2ccccc2c1. The zero-order valence-electron chi connectivity index (χ0n) is 12.0. The van der Waals surface area contributed by atoms with E-state index in [1.807, 2.05) is 31.3 Å². The first-order valence-corrected chi connectivity index (χ1v) is 7.17. The second-order valence-corrected chi connectivity index (χ2v) is 5.24. The Morgan fingerprint density at radius 2 is 1.62 bits per heavy atom. The zero-order valence-corrected chi connectivity index (χ0v) is 12.0. The number of benzene rings is 3. The van der Waals surface area contributed by atoms with Gasteiger partial charge in [0.05, 0.1) is 0 Å². The predicted octanol–water partition coefficient (Wildman–Crippen LogP) is 4.48. The highest BCUT2D eigenvalue weighted by Crippen LogP contribution is 2.23. The molecule has 0 saturated heterocycles. The van der Waals surface area contributed by atoms with Crippen molar-refractivity contribution in [2.45, 2.75) is 12.5 Å². The van der Waals surface area contributed by atoms with Gasteiger partial charge in [0.25, 0.3) is 0 Å². The highest BCUT2D eigenvalue weighted by molar-refractivity contribution is 5.83. The second-order valence-electron chi connectivity index (χ2n) is 5.24. The molecule has 3 aromatic carbocycles. The molecule has 2 heteroatoms. The van der Waals surface area contributed by atoms with Gasteiger partial charge in [0.1, 0.15) is 5.82 Å². The van der Waals surface area contributed by atoms with Crippen molar-refractivity contribution in [2.24, 2.45) is 0 Å². The summed E-state index contributed by atoms with van der Waals surface area (Å²) in [5.41, 5.74) is 1.92. The van der Waals surface area contributed by atoms with Gasteiger partial charge in [-0.05, 0) is 47.5 Å². The van der Waals surface area contributed by atoms with E-state index in [4.69, 9.17) is 0 Å². The van der Waals surface area contributed by atoms with Crippen LogP contribution >= 0.6 is 0 Å². The average Bonchev–Trinajstić information content (AvgIpc) is 2.54. The van der Waals surface area contributed by atoms with Crippen LogP contribution in [0.1, 0.15) is 17.2 Å². The summed E-state index contributed by atoms with van der Waals surface area (Å²) in [6.45, 7) is 0. The summed E-state index contributed by atoms with van der Waals surface area (Å²) in [5.74, 6) is -0.140. The summed E-state index contributed by atoms with van der Waals surface area (Å²) in [7, 11) is 1.92. The maximum atomic E-state index is 13.8. The predicted molar refractivity (Wildman–Crippen MR) is 85.9 cm³/mol. The number of fused-ring (bicyclic) bond motifs is 1. The van der Waals surface area contributed by atoms with Gasteiger partial charge in [0, 0.05) is 6.04 Å². The average molecular weight is 279 g/mol. The third-order valence-corrected chi connectivity index (χ3v) is 3.91. The molecule has 0 saturated carbocycles. The molecule has 0 aromatic heterocycles. The molecule has 1 atom stereocenters. The van der Waals surface area contributed by atoms with Crippen LogP contribution in [0.3, 0.4) is 0 Å². The number of likely N-dealkylation sites (N-methyl/N-ethyl adjacent to an activating group) is 1. The van der Waals surface area contributed by atoms with E-state index < -0.39 is 0 Å². The van der Waals surface area contributed by atoms with E-state index in [0.717, 1.165) is 5.56 Å². The van der Waals surface area contributed by atoms with E-state index in [9.17, 15) is 4.39 Å². The van der Waals surface area contributed by atoms with E-state index in [1.54, 1.807) is 6.07 Å². The molecule has 0 heterocycles. The lowest BCUT2D eigenvalue weighted by Gasteiger charge is -2.18. The van der Waals surface area contributed by atoms with E-state index in [1.165, 1.54) is 22.4 Å². The molecule has 1 unspecified atom stereocenters. The zero-order chi connectivity index (χ0) is 14.7. The maximum absolute atomic E-state index is 13.8. The number of nitrogens with one attached hydrogen (secondary N) is 1. The fourth-order valence-corrected chi connectivity index (χ4v) is 2.69. The Kier molecular flexibility index (Phi) is 3.98. The molecule has 0 radical (unpaired) electrons. The van der Waals surface area contributed by atoms with Crippen LogP contribution in [0.2, 0.25) is 0 Å². The third kappa shape index (κ3) is 2.96. The number of rotatable bonds is 4. The van der Waals surface area contributed by atoms with Gasteiger partial charge in [-0.3, -0.25) is 0 Å². The van der Waals surface area contributed by atoms with Crippen molar-refractivity contribution in [3.8, 4) is 0 Å². The molecule has 0 aliphatic heterocycles. The first-order chi connectivity index (χ1) is 10.3. The molecular weight excluding hydrogens is 261 g/mol. The van der Waals surface area contributed by atoms with Crippen molar-refractivity contribution in [3.05, 3.63) is 83.7 Å². The van der Waals surface area contributed by atoms with Crippen molar-refractivity contribution >= 4 is 10.8 Å². The number of hydrogen-bond acceptors (Lipinski definition) is 1. The van der Waals surface area contributed by atoms with Crippen LogP contribution in [0.15, 0.2) is 66.7 Å². The van der Waals surface area contributed by atoms with E-state index in [-0.39, 0.29) is 11.9 Å². The van der Waals surface area contributed by atoms with Crippen LogP contribution in [0.4, 0.5) is 4.39 Å². The molecule has 0 spiro atoms. The van der Waals surface area contributed by atoms with E-state index in [0.29, 0.717) is 6.42 Å². The van der Waals surface area contributed by atoms with Crippen molar-refractivity contribution < 1.29 is 4.39 Å². The highest BCUT2D eigenvalue weighted by atomic mass is 19.1. The fraction of sp³-hybridized carbons (Fsp3) is 0.158. The Bertz CT molecular complexity index is 751. The summed E-state index contributed by atoms with van der Waals surface area (Å²) in [4.78, 5) is 0. The van der Waals surface area contributed by atoms with Crippen molar-refractivity contribution in [1.29, 1.82) is 0 Å². The summed E-state index contributed by atoms with van der Waals surface area (Å²) < 4.78 is 13.8. The Labute approximate surface area is 124 Å². The van der Waals surface area contributed by atoms with Gasteiger partial charge in [-0.25, -0.2) is 4.39 Å². The smallest absolute Gasteiger partial charge is 0.126 e. The molecule has 0 aliphatic carbocycles. The van der Waals surface area contributed by atoms with Gasteiger partial charge in [-0.15, -0.1) is 0 Å². The Balaban J connectivity index is 1.93. The minimum atomic E-state index is -0.140. The van der Waals surface area contributed by atoms with Crippen LogP contribution in [0.25, 0.3) is 10.8 Å². The lowest BCUT2D eigenvalue weighted by Crippen LogP contribution is -2.19. The standard InChI is InChI=1S/C19H18FN/c1-21-19(13-16-8-4-5-9-18(16)20)17-11-10-14-6-2-3-7-15(14)12-17/h2-12,19,21H,13H2,1H3. The molecule has 0 fully saturated rings. The first kappa shape index (κ1) is 13.8. The Hall–Kier alpha value is -2.19. The Morgan fingerprint density at radius 3 is 2.38 bits per heavy atom. The third-order valence-electron chi connectivity index (χ3n) is 3.91. The van der Waals surface area contributed by atoms with Crippen molar-refractivity contribution in [2.75, 3.05) is 7.05 Å². The van der Waals surface area contributed by atoms with Gasteiger partial charge >= 0.3 is 0 Å². The molecule has 3 rings (SSSR count). The van der Waals surface area contributed by atoms with Gasteiger partial charge < -0.3 is 5.32 Å². The highest BCUT2D eigenvalue weighted by Gasteiger charge is 2.12. The summed E-state index contributed by atoms with van der Waals surface area (Å²) in [6, 6.07) is 21.8. The molecular formula is C19H18FN. The first-order valence-electron chi connectivity index (χ1n) is 7.17. The molecule has 0 aliphatic rings. The normalized spacial score (nSPS) is 12.5. The number of hydrogen-bond donors (Lipinski definition) is 1.